The Hall–Kier alpha value is -2.29. The zero-order valence-corrected chi connectivity index (χ0v) is 15.4. The first-order valence-electron chi connectivity index (χ1n) is 8.00. The molecule has 0 aliphatic heterocycles. The Morgan fingerprint density at radius 3 is 2.24 bits per heavy atom. The molecule has 0 N–H and O–H groups in total. The number of hydrogen-bond donors (Lipinski definition) is 0. The molecule has 0 unspecified atom stereocenters. The molecule has 0 spiro atoms. The van der Waals surface area contributed by atoms with Gasteiger partial charge in [-0.3, -0.25) is 0 Å². The third-order valence-corrected chi connectivity index (χ3v) is 5.54. The number of benzene rings is 4. The highest BCUT2D eigenvalue weighted by Gasteiger charge is 2.11. The van der Waals surface area contributed by atoms with E-state index in [0.717, 1.165) is 32.0 Å². The van der Waals surface area contributed by atoms with Crippen molar-refractivity contribution in [2.45, 2.75) is 0 Å². The largest absolute Gasteiger partial charge is 0.456 e. The minimum atomic E-state index is 0.686. The van der Waals surface area contributed by atoms with Gasteiger partial charge in [0.1, 0.15) is 11.2 Å². The number of hydrogen-bond acceptors (Lipinski definition) is 1. The molecule has 0 fully saturated rings. The second-order valence-corrected chi connectivity index (χ2v) is 7.38. The number of fused-ring (bicyclic) bond motifs is 4. The van der Waals surface area contributed by atoms with Crippen LogP contribution in [0.2, 0.25) is 5.02 Å². The van der Waals surface area contributed by atoms with Crippen LogP contribution in [-0.2, 0) is 0 Å². The van der Waals surface area contributed by atoms with Gasteiger partial charge < -0.3 is 4.42 Å². The third kappa shape index (κ3) is 2.37. The van der Waals surface area contributed by atoms with Gasteiger partial charge in [0.25, 0.3) is 0 Å². The number of furan rings is 1. The average molecular weight is 408 g/mol. The monoisotopic (exact) mass is 406 g/mol. The predicted octanol–water partition coefficient (Wildman–Crippen LogP) is 7.82. The highest BCUT2D eigenvalue weighted by atomic mass is 79.9. The van der Waals surface area contributed by atoms with Gasteiger partial charge >= 0.3 is 0 Å². The van der Waals surface area contributed by atoms with Gasteiger partial charge in [-0.1, -0.05) is 63.9 Å². The lowest BCUT2D eigenvalue weighted by molar-refractivity contribution is 0.669. The number of rotatable bonds is 1. The highest BCUT2D eigenvalue weighted by molar-refractivity contribution is 9.10. The molecule has 0 aliphatic rings. The summed E-state index contributed by atoms with van der Waals surface area (Å²) in [4.78, 5) is 0. The Morgan fingerprint density at radius 2 is 1.40 bits per heavy atom. The van der Waals surface area contributed by atoms with Crippen molar-refractivity contribution in [3.63, 3.8) is 0 Å². The lowest BCUT2D eigenvalue weighted by atomic mass is 9.97. The van der Waals surface area contributed by atoms with Gasteiger partial charge in [0.2, 0.25) is 0 Å². The van der Waals surface area contributed by atoms with Crippen LogP contribution in [0.3, 0.4) is 0 Å². The van der Waals surface area contributed by atoms with Crippen LogP contribution in [0.4, 0.5) is 0 Å². The third-order valence-electron chi connectivity index (χ3n) is 4.62. The van der Waals surface area contributed by atoms with Crippen molar-refractivity contribution in [2.24, 2.45) is 0 Å². The lowest BCUT2D eigenvalue weighted by Crippen LogP contribution is -1.82. The van der Waals surface area contributed by atoms with Gasteiger partial charge in [0.05, 0.1) is 0 Å². The SMILES string of the molecule is Clc1ccc2c(c1)oc1cc(-c3ccc(Br)c4ccccc34)ccc12. The Morgan fingerprint density at radius 1 is 0.680 bits per heavy atom. The molecule has 5 aromatic rings. The van der Waals surface area contributed by atoms with Crippen LogP contribution in [0.25, 0.3) is 43.8 Å². The minimum absolute atomic E-state index is 0.686. The Labute approximate surface area is 157 Å². The summed E-state index contributed by atoms with van der Waals surface area (Å²) < 4.78 is 7.14. The first-order valence-corrected chi connectivity index (χ1v) is 9.17. The standard InChI is InChI=1S/C22H12BrClO/c23-20-10-9-15(16-3-1-2-4-17(16)20)13-5-7-18-19-8-6-14(24)12-22(19)25-21(18)11-13/h1-12H. The summed E-state index contributed by atoms with van der Waals surface area (Å²) in [7, 11) is 0. The summed E-state index contributed by atoms with van der Waals surface area (Å²) in [5.74, 6) is 0. The molecule has 0 aliphatic carbocycles. The van der Waals surface area contributed by atoms with Crippen molar-refractivity contribution in [2.75, 3.05) is 0 Å². The maximum atomic E-state index is 6.09. The molecule has 3 heteroatoms. The molecule has 0 radical (unpaired) electrons. The van der Waals surface area contributed by atoms with Crippen LogP contribution >= 0.6 is 27.5 Å². The summed E-state index contributed by atoms with van der Waals surface area (Å²) >= 11 is 9.73. The molecule has 0 bridgehead atoms. The van der Waals surface area contributed by atoms with Crippen molar-refractivity contribution in [3.8, 4) is 11.1 Å². The van der Waals surface area contributed by atoms with E-state index in [9.17, 15) is 0 Å². The summed E-state index contributed by atoms with van der Waals surface area (Å²) in [6.07, 6.45) is 0. The first-order chi connectivity index (χ1) is 12.2. The van der Waals surface area contributed by atoms with E-state index in [1.165, 1.54) is 16.3 Å². The molecular weight excluding hydrogens is 396 g/mol. The summed E-state index contributed by atoms with van der Waals surface area (Å²) in [5.41, 5.74) is 4.03. The van der Waals surface area contributed by atoms with Gasteiger partial charge in [0.15, 0.2) is 0 Å². The van der Waals surface area contributed by atoms with Crippen LogP contribution in [0.15, 0.2) is 81.7 Å². The second kappa shape index (κ2) is 5.62. The fraction of sp³-hybridized carbons (Fsp3) is 0. The minimum Gasteiger partial charge on any atom is -0.456 e. The zero-order chi connectivity index (χ0) is 17.0. The molecule has 5 rings (SSSR count). The Bertz CT molecular complexity index is 1270. The summed E-state index contributed by atoms with van der Waals surface area (Å²) in [6.45, 7) is 0. The molecule has 4 aromatic carbocycles. The van der Waals surface area contributed by atoms with Gasteiger partial charge in [-0.15, -0.1) is 0 Å². The van der Waals surface area contributed by atoms with E-state index in [-0.39, 0.29) is 0 Å². The van der Waals surface area contributed by atoms with Crippen molar-refractivity contribution >= 4 is 60.2 Å². The molecule has 1 heterocycles. The van der Waals surface area contributed by atoms with Gasteiger partial charge in [-0.2, -0.15) is 0 Å². The molecule has 1 aromatic heterocycles. The van der Waals surface area contributed by atoms with E-state index in [2.05, 4.69) is 70.5 Å². The van der Waals surface area contributed by atoms with Crippen molar-refractivity contribution < 1.29 is 4.42 Å². The molecule has 0 saturated heterocycles. The molecule has 120 valence electrons. The van der Waals surface area contributed by atoms with E-state index in [0.29, 0.717) is 5.02 Å². The quantitative estimate of drug-likeness (QED) is 0.276. The summed E-state index contributed by atoms with van der Waals surface area (Å²) in [6, 6.07) is 24.8. The second-order valence-electron chi connectivity index (χ2n) is 6.09. The topological polar surface area (TPSA) is 13.1 Å². The van der Waals surface area contributed by atoms with Gasteiger partial charge in [-0.25, -0.2) is 0 Å². The molecule has 25 heavy (non-hydrogen) atoms. The average Bonchev–Trinajstić information content (AvgIpc) is 2.98. The zero-order valence-electron chi connectivity index (χ0n) is 13.1. The molecule has 1 nitrogen and oxygen atoms in total. The van der Waals surface area contributed by atoms with Crippen LogP contribution in [0.5, 0.6) is 0 Å². The maximum absolute atomic E-state index is 6.09. The summed E-state index contributed by atoms with van der Waals surface area (Å²) in [5, 5.41) is 5.31. The molecule has 0 atom stereocenters. The smallest absolute Gasteiger partial charge is 0.136 e. The fourth-order valence-electron chi connectivity index (χ4n) is 3.43. The van der Waals surface area contributed by atoms with E-state index in [4.69, 9.17) is 16.0 Å². The van der Waals surface area contributed by atoms with Crippen molar-refractivity contribution in [3.05, 3.63) is 82.3 Å². The van der Waals surface area contributed by atoms with Crippen LogP contribution in [-0.4, -0.2) is 0 Å². The van der Waals surface area contributed by atoms with E-state index < -0.39 is 0 Å². The van der Waals surface area contributed by atoms with E-state index in [1.54, 1.807) is 0 Å². The highest BCUT2D eigenvalue weighted by Crippen LogP contribution is 2.37. The fourth-order valence-corrected chi connectivity index (χ4v) is 4.07. The molecule has 0 amide bonds. The van der Waals surface area contributed by atoms with Crippen molar-refractivity contribution in [1.82, 2.24) is 0 Å². The first kappa shape index (κ1) is 15.0. The van der Waals surface area contributed by atoms with Crippen LogP contribution in [0, 0.1) is 0 Å². The van der Waals surface area contributed by atoms with Crippen LogP contribution < -0.4 is 0 Å². The maximum Gasteiger partial charge on any atom is 0.136 e. The Balaban J connectivity index is 1.79. The van der Waals surface area contributed by atoms with Gasteiger partial charge in [-0.05, 0) is 52.2 Å². The van der Waals surface area contributed by atoms with E-state index in [1.807, 2.05) is 18.2 Å². The predicted molar refractivity (Wildman–Crippen MR) is 109 cm³/mol. The van der Waals surface area contributed by atoms with E-state index >= 15 is 0 Å². The lowest BCUT2D eigenvalue weighted by Gasteiger charge is -2.08. The normalized spacial score (nSPS) is 11.6. The molecular formula is C22H12BrClO. The molecule has 0 saturated carbocycles. The van der Waals surface area contributed by atoms with Crippen LogP contribution in [0.1, 0.15) is 0 Å². The number of halogens is 2. The van der Waals surface area contributed by atoms with Gasteiger partial charge in [0, 0.05) is 26.3 Å². The Kier molecular flexibility index (Phi) is 3.37. The van der Waals surface area contributed by atoms with Crippen molar-refractivity contribution in [1.29, 1.82) is 0 Å².